The molecular weight excluding hydrogens is 939 g/mol. The Hall–Kier alpha value is -9.56. The minimum Gasteiger partial charge on any atom is -0.310 e. The van der Waals surface area contributed by atoms with Crippen LogP contribution < -0.4 is 4.90 Å². The summed E-state index contributed by atoms with van der Waals surface area (Å²) in [5.74, 6) is 0. The minimum absolute atomic E-state index is 0.273. The normalized spacial score (nSPS) is 14.3. The number of hydrogen-bond acceptors (Lipinski definition) is 1. The van der Waals surface area contributed by atoms with Crippen LogP contribution in [-0.4, -0.2) is 0 Å². The summed E-state index contributed by atoms with van der Waals surface area (Å²) in [6.45, 7) is 4.82. The standard InChI is InChI=1S/C77H55N/c1-75(2)72-49-56(39-46-64(72)65-48-45-62(51-73(65)75)78(60-41-35-54(36-42-60)52-21-7-3-8-22-52)61-43-37-55(38-44-61)53-23-9-4-10-24-53)57-40-47-66-63-29-15-16-30-67(63)77(74(66)50-57)70-33-19-17-31-68(70)76(58-25-11-5-12-26-58,59-27-13-6-14-28-59)69-32-18-20-34-71(69)77/h3-51H,1-2H3. The summed E-state index contributed by atoms with van der Waals surface area (Å²) in [4.78, 5) is 2.41. The van der Waals surface area contributed by atoms with E-state index in [1.165, 1.54) is 111 Å². The molecule has 0 saturated heterocycles. The topological polar surface area (TPSA) is 3.24 Å². The molecule has 0 saturated carbocycles. The van der Waals surface area contributed by atoms with Crippen molar-refractivity contribution >= 4 is 17.1 Å². The molecule has 78 heavy (non-hydrogen) atoms. The first kappa shape index (κ1) is 45.8. The molecule has 368 valence electrons. The van der Waals surface area contributed by atoms with Crippen LogP contribution in [0.25, 0.3) is 55.6 Å². The second-order valence-corrected chi connectivity index (χ2v) is 21.9. The fraction of sp³-hybridized carbons (Fsp3) is 0.0649. The van der Waals surface area contributed by atoms with Gasteiger partial charge < -0.3 is 4.90 Å². The van der Waals surface area contributed by atoms with E-state index >= 15 is 0 Å². The van der Waals surface area contributed by atoms with Crippen LogP contribution in [0.3, 0.4) is 0 Å². The Morgan fingerprint density at radius 3 is 1.03 bits per heavy atom. The molecule has 12 aromatic carbocycles. The molecule has 1 nitrogen and oxygen atoms in total. The summed E-state index contributed by atoms with van der Waals surface area (Å²) < 4.78 is 0. The largest absolute Gasteiger partial charge is 0.310 e. The van der Waals surface area contributed by atoms with Crippen LogP contribution in [0.4, 0.5) is 17.1 Å². The molecule has 15 rings (SSSR count). The van der Waals surface area contributed by atoms with Crippen LogP contribution in [0, 0.1) is 0 Å². The predicted molar refractivity (Wildman–Crippen MR) is 324 cm³/mol. The van der Waals surface area contributed by atoms with Crippen molar-refractivity contribution in [2.75, 3.05) is 4.90 Å². The first-order valence-corrected chi connectivity index (χ1v) is 27.4. The van der Waals surface area contributed by atoms with Crippen molar-refractivity contribution in [2.24, 2.45) is 0 Å². The lowest BCUT2D eigenvalue weighted by molar-refractivity contribution is 0.624. The highest BCUT2D eigenvalue weighted by Gasteiger charge is 2.56. The van der Waals surface area contributed by atoms with E-state index in [1.54, 1.807) is 0 Å². The summed E-state index contributed by atoms with van der Waals surface area (Å²) in [5.41, 5.74) is 27.6. The lowest BCUT2D eigenvalue weighted by Gasteiger charge is -2.50. The Balaban J connectivity index is 0.857. The molecule has 0 heterocycles. The minimum atomic E-state index is -0.569. The first-order valence-electron chi connectivity index (χ1n) is 27.4. The smallest absolute Gasteiger partial charge is 0.0720 e. The van der Waals surface area contributed by atoms with Crippen LogP contribution >= 0.6 is 0 Å². The van der Waals surface area contributed by atoms with Gasteiger partial charge in [0.2, 0.25) is 0 Å². The van der Waals surface area contributed by atoms with Crippen LogP contribution in [0.15, 0.2) is 297 Å². The van der Waals surface area contributed by atoms with Crippen LogP contribution in [0.1, 0.15) is 69.5 Å². The maximum Gasteiger partial charge on any atom is 0.0720 e. The highest BCUT2D eigenvalue weighted by Crippen LogP contribution is 2.65. The van der Waals surface area contributed by atoms with Crippen LogP contribution in [0.5, 0.6) is 0 Å². The quantitative estimate of drug-likeness (QED) is 0.147. The molecule has 0 atom stereocenters. The van der Waals surface area contributed by atoms with Gasteiger partial charge >= 0.3 is 0 Å². The number of benzene rings is 12. The Labute approximate surface area is 458 Å². The van der Waals surface area contributed by atoms with Gasteiger partial charge in [0.15, 0.2) is 0 Å². The van der Waals surface area contributed by atoms with Gasteiger partial charge in [0.05, 0.1) is 10.8 Å². The van der Waals surface area contributed by atoms with Crippen LogP contribution in [0.2, 0.25) is 0 Å². The van der Waals surface area contributed by atoms with Gasteiger partial charge in [-0.3, -0.25) is 0 Å². The van der Waals surface area contributed by atoms with Crippen molar-refractivity contribution in [1.82, 2.24) is 0 Å². The van der Waals surface area contributed by atoms with Gasteiger partial charge in [-0.15, -0.1) is 0 Å². The number of nitrogens with zero attached hydrogens (tertiary/aromatic N) is 1. The highest BCUT2D eigenvalue weighted by molar-refractivity contribution is 5.93. The van der Waals surface area contributed by atoms with Crippen LogP contribution in [-0.2, 0) is 16.2 Å². The third kappa shape index (κ3) is 6.68. The lowest BCUT2D eigenvalue weighted by atomic mass is 9.51. The van der Waals surface area contributed by atoms with Crippen molar-refractivity contribution in [1.29, 1.82) is 0 Å². The zero-order valence-electron chi connectivity index (χ0n) is 43.7. The van der Waals surface area contributed by atoms with E-state index < -0.39 is 10.8 Å². The number of hydrogen-bond donors (Lipinski definition) is 0. The Kier molecular flexibility index (Phi) is 10.4. The molecule has 3 aliphatic carbocycles. The molecule has 0 fully saturated rings. The van der Waals surface area contributed by atoms with Crippen molar-refractivity contribution in [3.63, 3.8) is 0 Å². The molecular formula is C77H55N. The fourth-order valence-corrected chi connectivity index (χ4v) is 14.1. The molecule has 3 aliphatic rings. The highest BCUT2D eigenvalue weighted by atomic mass is 15.1. The second-order valence-electron chi connectivity index (χ2n) is 21.9. The predicted octanol–water partition coefficient (Wildman–Crippen LogP) is 19.5. The van der Waals surface area contributed by atoms with E-state index in [9.17, 15) is 0 Å². The molecule has 0 bridgehead atoms. The van der Waals surface area contributed by atoms with Crippen molar-refractivity contribution in [3.8, 4) is 55.6 Å². The molecule has 1 spiro atoms. The number of rotatable bonds is 8. The monoisotopic (exact) mass is 993 g/mol. The third-order valence-corrected chi connectivity index (χ3v) is 17.6. The maximum absolute atomic E-state index is 2.54. The van der Waals surface area contributed by atoms with E-state index in [-0.39, 0.29) is 5.41 Å². The lowest BCUT2D eigenvalue weighted by Crippen LogP contribution is -2.44. The molecule has 1 heteroatoms. The van der Waals surface area contributed by atoms with Gasteiger partial charge in [-0.2, -0.15) is 0 Å². The van der Waals surface area contributed by atoms with E-state index in [1.807, 2.05) is 0 Å². The SMILES string of the molecule is CC1(C)c2cc(-c3ccc4c(c3)C3(c5ccccc5-4)c4ccccc4C(c4ccccc4)(c4ccccc4)c4ccccc43)ccc2-c2ccc(N(c3ccc(-c4ccccc4)cc3)c3ccc(-c4ccccc4)cc3)cc21. The van der Waals surface area contributed by atoms with E-state index in [2.05, 4.69) is 316 Å². The second kappa shape index (κ2) is 17.8. The first-order chi connectivity index (χ1) is 38.4. The van der Waals surface area contributed by atoms with Gasteiger partial charge in [0, 0.05) is 22.5 Å². The molecule has 0 N–H and O–H groups in total. The molecule has 0 radical (unpaired) electrons. The summed E-state index contributed by atoms with van der Waals surface area (Å²) in [7, 11) is 0. The molecule has 12 aromatic rings. The van der Waals surface area contributed by atoms with Gasteiger partial charge in [0.1, 0.15) is 0 Å². The number of anilines is 3. The summed E-state index contributed by atoms with van der Waals surface area (Å²) >= 11 is 0. The zero-order chi connectivity index (χ0) is 52.0. The maximum atomic E-state index is 2.54. The Morgan fingerprint density at radius 1 is 0.218 bits per heavy atom. The van der Waals surface area contributed by atoms with Crippen molar-refractivity contribution < 1.29 is 0 Å². The fourth-order valence-electron chi connectivity index (χ4n) is 14.1. The van der Waals surface area contributed by atoms with Crippen molar-refractivity contribution in [2.45, 2.75) is 30.1 Å². The van der Waals surface area contributed by atoms with Gasteiger partial charge in [-0.25, -0.2) is 0 Å². The van der Waals surface area contributed by atoms with Gasteiger partial charge in [0.25, 0.3) is 0 Å². The zero-order valence-corrected chi connectivity index (χ0v) is 43.7. The molecule has 0 amide bonds. The van der Waals surface area contributed by atoms with E-state index in [0.717, 1.165) is 17.1 Å². The summed E-state index contributed by atoms with van der Waals surface area (Å²) in [5, 5.41) is 0. The summed E-state index contributed by atoms with van der Waals surface area (Å²) in [6, 6.07) is 111. The third-order valence-electron chi connectivity index (χ3n) is 17.6. The Bertz CT molecular complexity index is 4080. The average molecular weight is 994 g/mol. The van der Waals surface area contributed by atoms with E-state index in [4.69, 9.17) is 0 Å². The number of fused-ring (bicyclic) bond motifs is 12. The summed E-state index contributed by atoms with van der Waals surface area (Å²) in [6.07, 6.45) is 0. The molecule has 0 aliphatic heterocycles. The van der Waals surface area contributed by atoms with Crippen molar-refractivity contribution in [3.05, 3.63) is 353 Å². The Morgan fingerprint density at radius 2 is 0.538 bits per heavy atom. The molecule has 0 unspecified atom stereocenters. The van der Waals surface area contributed by atoms with Gasteiger partial charge in [-0.1, -0.05) is 263 Å². The average Bonchev–Trinajstić information content (AvgIpc) is 2.61. The van der Waals surface area contributed by atoms with Gasteiger partial charge in [-0.05, 0) is 160 Å². The van der Waals surface area contributed by atoms with E-state index in [0.29, 0.717) is 0 Å². The molecule has 0 aromatic heterocycles.